The van der Waals surface area contributed by atoms with Crippen molar-refractivity contribution in [1.29, 1.82) is 0 Å². The van der Waals surface area contributed by atoms with Crippen molar-refractivity contribution in [3.63, 3.8) is 0 Å². The highest BCUT2D eigenvalue weighted by atomic mass is 16.2. The van der Waals surface area contributed by atoms with Crippen LogP contribution in [0.5, 0.6) is 0 Å². The Hall–Kier alpha value is -1.36. The first-order chi connectivity index (χ1) is 9.82. The third-order valence-electron chi connectivity index (χ3n) is 4.07. The number of urea groups is 1. The molecule has 1 unspecified atom stereocenters. The summed E-state index contributed by atoms with van der Waals surface area (Å²) < 4.78 is 0. The van der Waals surface area contributed by atoms with Gasteiger partial charge in [0.05, 0.1) is 6.54 Å². The Morgan fingerprint density at radius 2 is 2.00 bits per heavy atom. The number of hydrogen-bond acceptors (Lipinski definition) is 3. The zero-order valence-electron chi connectivity index (χ0n) is 13.6. The molecule has 0 aliphatic carbocycles. The second-order valence-corrected chi connectivity index (χ2v) is 6.82. The van der Waals surface area contributed by atoms with Gasteiger partial charge in [0.1, 0.15) is 0 Å². The molecular weight excluding hydrogens is 266 g/mol. The van der Waals surface area contributed by atoms with Crippen LogP contribution in [0.4, 0.5) is 4.79 Å². The summed E-state index contributed by atoms with van der Waals surface area (Å²) in [5.74, 6) is 0.451. The largest absolute Gasteiger partial charge is 0.334 e. The molecule has 1 aliphatic rings. The number of imide groups is 1. The molecule has 3 amide bonds. The van der Waals surface area contributed by atoms with Crippen LogP contribution in [-0.2, 0) is 4.79 Å². The maximum atomic E-state index is 11.8. The summed E-state index contributed by atoms with van der Waals surface area (Å²) in [6.07, 6.45) is 5.00. The van der Waals surface area contributed by atoms with E-state index in [1.54, 1.807) is 6.08 Å². The van der Waals surface area contributed by atoms with Gasteiger partial charge in [-0.15, -0.1) is 6.58 Å². The average Bonchev–Trinajstić information content (AvgIpc) is 2.61. The fourth-order valence-corrected chi connectivity index (χ4v) is 2.76. The van der Waals surface area contributed by atoms with Crippen LogP contribution in [0.15, 0.2) is 12.7 Å². The zero-order chi connectivity index (χ0) is 15.9. The number of nitrogens with zero attached hydrogens (tertiary/aromatic N) is 1. The van der Waals surface area contributed by atoms with Gasteiger partial charge in [0.2, 0.25) is 5.91 Å². The number of carbonyl (C=O) groups is 2. The van der Waals surface area contributed by atoms with Gasteiger partial charge in [0.15, 0.2) is 0 Å². The van der Waals surface area contributed by atoms with E-state index in [0.29, 0.717) is 24.4 Å². The predicted octanol–water partition coefficient (Wildman–Crippen LogP) is 2.15. The minimum absolute atomic E-state index is 0.245. The molecule has 1 rings (SSSR count). The number of hydrogen-bond donors (Lipinski definition) is 2. The van der Waals surface area contributed by atoms with Crippen molar-refractivity contribution >= 4 is 11.9 Å². The molecule has 0 saturated carbocycles. The molecule has 0 aromatic carbocycles. The molecule has 5 nitrogen and oxygen atoms in total. The summed E-state index contributed by atoms with van der Waals surface area (Å²) in [5, 5.41) is 4.88. The van der Waals surface area contributed by atoms with Crippen molar-refractivity contribution in [2.24, 2.45) is 11.3 Å². The smallest absolute Gasteiger partial charge is 0.321 e. The molecule has 1 atom stereocenters. The van der Waals surface area contributed by atoms with Crippen LogP contribution in [0.1, 0.15) is 40.0 Å². The third-order valence-corrected chi connectivity index (χ3v) is 4.07. The predicted molar refractivity (Wildman–Crippen MR) is 85.0 cm³/mol. The average molecular weight is 295 g/mol. The van der Waals surface area contributed by atoms with Crippen molar-refractivity contribution in [2.75, 3.05) is 26.2 Å². The molecule has 120 valence electrons. The van der Waals surface area contributed by atoms with Gasteiger partial charge < -0.3 is 5.32 Å². The van der Waals surface area contributed by atoms with Gasteiger partial charge in [-0.25, -0.2) is 4.79 Å². The molecule has 1 saturated heterocycles. The number of nitrogens with one attached hydrogen (secondary N) is 2. The molecule has 0 bridgehead atoms. The quantitative estimate of drug-likeness (QED) is 0.781. The van der Waals surface area contributed by atoms with Gasteiger partial charge in [-0.05, 0) is 43.7 Å². The van der Waals surface area contributed by atoms with Crippen LogP contribution >= 0.6 is 0 Å². The van der Waals surface area contributed by atoms with E-state index in [2.05, 4.69) is 42.9 Å². The highest BCUT2D eigenvalue weighted by molar-refractivity contribution is 5.95. The third kappa shape index (κ3) is 6.76. The SMILES string of the molecule is C=CCNC(=O)NC(=O)CN1CCCC(C(C)(C)C)CC1. The van der Waals surface area contributed by atoms with E-state index >= 15 is 0 Å². The van der Waals surface area contributed by atoms with E-state index in [-0.39, 0.29) is 5.91 Å². The van der Waals surface area contributed by atoms with Crippen LogP contribution in [0.3, 0.4) is 0 Å². The highest BCUT2D eigenvalue weighted by Crippen LogP contribution is 2.34. The first-order valence-corrected chi connectivity index (χ1v) is 7.74. The molecule has 5 heteroatoms. The maximum absolute atomic E-state index is 11.8. The lowest BCUT2D eigenvalue weighted by atomic mass is 9.77. The summed E-state index contributed by atoms with van der Waals surface area (Å²) >= 11 is 0. The molecule has 21 heavy (non-hydrogen) atoms. The first kappa shape index (κ1) is 17.7. The van der Waals surface area contributed by atoms with E-state index in [1.807, 2.05) is 0 Å². The normalized spacial score (nSPS) is 20.4. The van der Waals surface area contributed by atoms with Crippen LogP contribution in [0, 0.1) is 11.3 Å². The van der Waals surface area contributed by atoms with Crippen LogP contribution in [-0.4, -0.2) is 43.0 Å². The molecule has 1 heterocycles. The molecule has 0 aromatic rings. The Bertz CT molecular complexity index is 374. The summed E-state index contributed by atoms with van der Waals surface area (Å²) in [5.41, 5.74) is 0.322. The zero-order valence-corrected chi connectivity index (χ0v) is 13.6. The minimum atomic E-state index is -0.456. The van der Waals surface area contributed by atoms with Gasteiger partial charge in [0, 0.05) is 6.54 Å². The Morgan fingerprint density at radius 3 is 2.62 bits per heavy atom. The van der Waals surface area contributed by atoms with Crippen molar-refractivity contribution in [2.45, 2.75) is 40.0 Å². The van der Waals surface area contributed by atoms with E-state index in [1.165, 1.54) is 6.42 Å². The summed E-state index contributed by atoms with van der Waals surface area (Å²) in [6, 6.07) is -0.456. The Kier molecular flexibility index (Phi) is 6.89. The van der Waals surface area contributed by atoms with Crippen molar-refractivity contribution in [3.8, 4) is 0 Å². The van der Waals surface area contributed by atoms with Gasteiger partial charge in [-0.3, -0.25) is 15.0 Å². The van der Waals surface area contributed by atoms with E-state index in [9.17, 15) is 9.59 Å². The molecule has 0 aromatic heterocycles. The number of carbonyl (C=O) groups excluding carboxylic acids is 2. The maximum Gasteiger partial charge on any atom is 0.321 e. The van der Waals surface area contributed by atoms with Crippen molar-refractivity contribution in [1.82, 2.24) is 15.5 Å². The standard InChI is InChI=1S/C16H29N3O2/c1-5-9-17-15(21)18-14(20)12-19-10-6-7-13(8-11-19)16(2,3)4/h5,13H,1,6-12H2,2-4H3,(H2,17,18,20,21). The summed E-state index contributed by atoms with van der Waals surface area (Å²) in [7, 11) is 0. The number of likely N-dealkylation sites (tertiary alicyclic amines) is 1. The highest BCUT2D eigenvalue weighted by Gasteiger charge is 2.27. The second kappa shape index (κ2) is 8.17. The topological polar surface area (TPSA) is 61.4 Å². The molecular formula is C16H29N3O2. The van der Waals surface area contributed by atoms with Gasteiger partial charge in [-0.2, -0.15) is 0 Å². The fraction of sp³-hybridized carbons (Fsp3) is 0.750. The van der Waals surface area contributed by atoms with Crippen molar-refractivity contribution < 1.29 is 9.59 Å². The molecule has 1 aliphatic heterocycles. The van der Waals surface area contributed by atoms with Crippen LogP contribution in [0.25, 0.3) is 0 Å². The number of amides is 3. The van der Waals surface area contributed by atoms with E-state index < -0.39 is 6.03 Å². The molecule has 0 radical (unpaired) electrons. The minimum Gasteiger partial charge on any atom is -0.334 e. The summed E-state index contributed by atoms with van der Waals surface area (Å²) in [4.78, 5) is 25.4. The lowest BCUT2D eigenvalue weighted by molar-refractivity contribution is -0.121. The second-order valence-electron chi connectivity index (χ2n) is 6.82. The lowest BCUT2D eigenvalue weighted by Gasteiger charge is -2.29. The fourth-order valence-electron chi connectivity index (χ4n) is 2.76. The molecule has 2 N–H and O–H groups in total. The Labute approximate surface area is 128 Å². The van der Waals surface area contributed by atoms with Gasteiger partial charge in [0.25, 0.3) is 0 Å². The van der Waals surface area contributed by atoms with E-state index in [4.69, 9.17) is 0 Å². The van der Waals surface area contributed by atoms with Crippen LogP contribution in [0.2, 0.25) is 0 Å². The van der Waals surface area contributed by atoms with E-state index in [0.717, 1.165) is 25.9 Å². The molecule has 1 fully saturated rings. The molecule has 0 spiro atoms. The van der Waals surface area contributed by atoms with Crippen LogP contribution < -0.4 is 10.6 Å². The first-order valence-electron chi connectivity index (χ1n) is 7.74. The Morgan fingerprint density at radius 1 is 1.29 bits per heavy atom. The monoisotopic (exact) mass is 295 g/mol. The van der Waals surface area contributed by atoms with Gasteiger partial charge >= 0.3 is 6.03 Å². The Balaban J connectivity index is 2.36. The lowest BCUT2D eigenvalue weighted by Crippen LogP contribution is -2.44. The van der Waals surface area contributed by atoms with Gasteiger partial charge in [-0.1, -0.05) is 26.8 Å². The van der Waals surface area contributed by atoms with Crippen molar-refractivity contribution in [3.05, 3.63) is 12.7 Å². The summed E-state index contributed by atoms with van der Waals surface area (Å²) in [6.45, 7) is 12.8. The number of rotatable bonds is 4.